The van der Waals surface area contributed by atoms with Gasteiger partial charge in [0.05, 0.1) is 11.2 Å². The fourth-order valence-electron chi connectivity index (χ4n) is 6.89. The molecule has 1 aliphatic rings. The van der Waals surface area contributed by atoms with Gasteiger partial charge < -0.3 is 29.4 Å². The lowest BCUT2D eigenvalue weighted by atomic mass is 10.0. The quantitative estimate of drug-likeness (QED) is 0.0389. The Morgan fingerprint density at radius 1 is 0.763 bits per heavy atom. The van der Waals surface area contributed by atoms with E-state index >= 15 is 0 Å². The number of aromatic amines is 1. The molecule has 0 radical (unpaired) electrons. The van der Waals surface area contributed by atoms with Crippen molar-refractivity contribution in [3.63, 3.8) is 0 Å². The number of H-pyrrole nitrogens is 1. The highest BCUT2D eigenvalue weighted by atomic mass is 19.4. The molecular formula is C42H46F6N4O7. The van der Waals surface area contributed by atoms with Crippen LogP contribution in [0.1, 0.15) is 69.5 Å². The van der Waals surface area contributed by atoms with Gasteiger partial charge in [-0.2, -0.15) is 26.3 Å². The molecule has 1 aromatic heterocycles. The topological polar surface area (TPSA) is 139 Å². The smallest absolute Gasteiger partial charge is 0.449 e. The van der Waals surface area contributed by atoms with Crippen LogP contribution >= 0.6 is 0 Å². The van der Waals surface area contributed by atoms with Gasteiger partial charge in [-0.3, -0.25) is 10.1 Å². The second-order valence-electron chi connectivity index (χ2n) is 14.2. The predicted octanol–water partition coefficient (Wildman–Crippen LogP) is 8.84. The molecule has 3 aromatic carbocycles. The molecule has 2 heterocycles. The van der Waals surface area contributed by atoms with Gasteiger partial charge in [-0.05, 0) is 62.5 Å². The molecule has 1 amide bonds. The van der Waals surface area contributed by atoms with E-state index in [1.807, 2.05) is 54.6 Å². The Labute approximate surface area is 336 Å². The standard InChI is InChI=1S/C42H46F6N4O7/c43-41(44,45)38(54)58-34-19-17-31(32-18-20-36(53)51-37(32)34)35(59-39(55)42(46,47)48)27-49-23-11-4-2-1-3-5-12-24-52-25-21-29(22-26-52)57-40(56)50-33-16-10-9-15-30(33)28-13-7-6-8-14-28/h6-10,13-20,29,35,49H,1-5,11-12,21-27H2,(H,50,56)(H,51,53). The Kier molecular flexibility index (Phi) is 15.9. The third-order valence-electron chi connectivity index (χ3n) is 9.87. The van der Waals surface area contributed by atoms with Crippen molar-refractivity contribution in [1.82, 2.24) is 15.2 Å². The minimum atomic E-state index is -5.36. The number of unbranched alkanes of at least 4 members (excludes halogenated alkanes) is 6. The average Bonchev–Trinajstić information content (AvgIpc) is 3.20. The van der Waals surface area contributed by atoms with Crippen molar-refractivity contribution in [3.8, 4) is 16.9 Å². The molecule has 0 spiro atoms. The molecule has 5 rings (SSSR count). The fraction of sp³-hybridized carbons (Fsp3) is 0.429. The van der Waals surface area contributed by atoms with Gasteiger partial charge in [-0.15, -0.1) is 0 Å². The van der Waals surface area contributed by atoms with Crippen molar-refractivity contribution in [2.24, 2.45) is 0 Å². The molecule has 17 heteroatoms. The first-order valence-corrected chi connectivity index (χ1v) is 19.5. The number of esters is 2. The zero-order valence-electron chi connectivity index (χ0n) is 32.1. The molecule has 0 aliphatic carbocycles. The van der Waals surface area contributed by atoms with Crippen LogP contribution in [-0.4, -0.2) is 79.1 Å². The first kappa shape index (κ1) is 44.7. The summed E-state index contributed by atoms with van der Waals surface area (Å²) in [5, 5.41) is 5.80. The number of ether oxygens (including phenoxy) is 3. The van der Waals surface area contributed by atoms with Crippen LogP contribution in [0.3, 0.4) is 0 Å². The lowest BCUT2D eigenvalue weighted by Crippen LogP contribution is -2.38. The molecule has 1 unspecified atom stereocenters. The number of aromatic nitrogens is 1. The molecule has 1 saturated heterocycles. The van der Waals surface area contributed by atoms with Crippen LogP contribution in [0, 0.1) is 0 Å². The number of hydrogen-bond donors (Lipinski definition) is 3. The molecule has 0 bridgehead atoms. The number of para-hydroxylation sites is 1. The molecule has 1 aliphatic heterocycles. The van der Waals surface area contributed by atoms with Crippen molar-refractivity contribution in [2.75, 3.05) is 38.0 Å². The molecular weight excluding hydrogens is 786 g/mol. The zero-order chi connectivity index (χ0) is 42.4. The number of fused-ring (bicyclic) bond motifs is 1. The highest BCUT2D eigenvalue weighted by Crippen LogP contribution is 2.34. The van der Waals surface area contributed by atoms with Crippen molar-refractivity contribution < 1.29 is 54.9 Å². The van der Waals surface area contributed by atoms with Crippen LogP contribution in [0.4, 0.5) is 36.8 Å². The molecule has 1 fully saturated rings. The van der Waals surface area contributed by atoms with Crippen LogP contribution in [0.25, 0.3) is 22.0 Å². The summed E-state index contributed by atoms with van der Waals surface area (Å²) in [6.45, 7) is 2.75. The Balaban J connectivity index is 0.979. The first-order chi connectivity index (χ1) is 28.2. The van der Waals surface area contributed by atoms with Gasteiger partial charge in [-0.25, -0.2) is 14.4 Å². The maximum Gasteiger partial charge on any atom is 0.491 e. The number of halogens is 6. The highest BCUT2D eigenvalue weighted by Gasteiger charge is 2.43. The van der Waals surface area contributed by atoms with Gasteiger partial charge in [0.2, 0.25) is 5.56 Å². The predicted molar refractivity (Wildman–Crippen MR) is 208 cm³/mol. The number of nitrogens with zero attached hydrogens (tertiary/aromatic N) is 1. The zero-order valence-corrected chi connectivity index (χ0v) is 32.1. The summed E-state index contributed by atoms with van der Waals surface area (Å²) in [7, 11) is 0. The largest absolute Gasteiger partial charge is 0.491 e. The number of hydrogen-bond acceptors (Lipinski definition) is 9. The number of pyridine rings is 1. The first-order valence-electron chi connectivity index (χ1n) is 19.5. The maximum atomic E-state index is 13.2. The third-order valence-corrected chi connectivity index (χ3v) is 9.87. The maximum absolute atomic E-state index is 13.2. The highest BCUT2D eigenvalue weighted by molar-refractivity contribution is 5.92. The molecule has 11 nitrogen and oxygen atoms in total. The van der Waals surface area contributed by atoms with Crippen LogP contribution in [0.15, 0.2) is 83.7 Å². The number of amides is 1. The molecule has 3 N–H and O–H groups in total. The number of carbonyl (C=O) groups excluding carboxylic acids is 3. The van der Waals surface area contributed by atoms with E-state index in [0.717, 1.165) is 106 Å². The van der Waals surface area contributed by atoms with Crippen molar-refractivity contribution >= 4 is 34.6 Å². The summed E-state index contributed by atoms with van der Waals surface area (Å²) < 4.78 is 93.0. The lowest BCUT2D eigenvalue weighted by molar-refractivity contribution is -0.205. The number of alkyl halides is 6. The summed E-state index contributed by atoms with van der Waals surface area (Å²) in [6, 6.07) is 21.5. The molecule has 0 saturated carbocycles. The fourth-order valence-corrected chi connectivity index (χ4v) is 6.89. The Morgan fingerprint density at radius 2 is 1.41 bits per heavy atom. The van der Waals surface area contributed by atoms with Gasteiger partial charge in [0.25, 0.3) is 0 Å². The number of anilines is 1. The minimum absolute atomic E-state index is 0.0603. The summed E-state index contributed by atoms with van der Waals surface area (Å²) in [4.78, 5) is 52.6. The average molecular weight is 833 g/mol. The van der Waals surface area contributed by atoms with E-state index in [2.05, 4.69) is 25.3 Å². The van der Waals surface area contributed by atoms with Gasteiger partial charge in [0, 0.05) is 42.2 Å². The lowest BCUT2D eigenvalue weighted by Gasteiger charge is -2.31. The molecule has 4 aromatic rings. The number of likely N-dealkylation sites (tertiary alicyclic amines) is 1. The third kappa shape index (κ3) is 13.6. The van der Waals surface area contributed by atoms with E-state index in [1.165, 1.54) is 0 Å². The van der Waals surface area contributed by atoms with Crippen LogP contribution in [0.2, 0.25) is 0 Å². The van der Waals surface area contributed by atoms with Gasteiger partial charge >= 0.3 is 30.4 Å². The summed E-state index contributed by atoms with van der Waals surface area (Å²) in [5.41, 5.74) is 1.38. The van der Waals surface area contributed by atoms with Crippen molar-refractivity contribution in [3.05, 3.63) is 94.8 Å². The Morgan fingerprint density at radius 3 is 2.10 bits per heavy atom. The Bertz CT molecular complexity index is 2070. The normalized spacial score (nSPS) is 14.5. The minimum Gasteiger partial charge on any atom is -0.449 e. The number of rotatable bonds is 18. The second-order valence-corrected chi connectivity index (χ2v) is 14.2. The van der Waals surface area contributed by atoms with Gasteiger partial charge in [0.15, 0.2) is 5.75 Å². The van der Waals surface area contributed by atoms with E-state index in [4.69, 9.17) is 9.47 Å². The van der Waals surface area contributed by atoms with Gasteiger partial charge in [0.1, 0.15) is 12.2 Å². The van der Waals surface area contributed by atoms with Crippen LogP contribution < -0.4 is 20.9 Å². The van der Waals surface area contributed by atoms with E-state index in [0.29, 0.717) is 18.7 Å². The van der Waals surface area contributed by atoms with E-state index in [1.54, 1.807) is 0 Å². The number of nitrogens with one attached hydrogen (secondary N) is 3. The molecule has 318 valence electrons. The van der Waals surface area contributed by atoms with Gasteiger partial charge in [-0.1, -0.05) is 86.7 Å². The summed E-state index contributed by atoms with van der Waals surface area (Å²) >= 11 is 0. The number of carbonyl (C=O) groups is 3. The number of benzene rings is 3. The summed E-state index contributed by atoms with van der Waals surface area (Å²) in [5.74, 6) is -5.73. The monoisotopic (exact) mass is 832 g/mol. The second kappa shape index (κ2) is 21.0. The van der Waals surface area contributed by atoms with Crippen LogP contribution in [0.5, 0.6) is 5.75 Å². The van der Waals surface area contributed by atoms with Crippen molar-refractivity contribution in [2.45, 2.75) is 82.3 Å². The van der Waals surface area contributed by atoms with Crippen LogP contribution in [-0.2, 0) is 19.1 Å². The van der Waals surface area contributed by atoms with E-state index in [-0.39, 0.29) is 23.6 Å². The number of piperidine rings is 1. The van der Waals surface area contributed by atoms with E-state index < -0.39 is 53.3 Å². The van der Waals surface area contributed by atoms with E-state index in [9.17, 15) is 45.5 Å². The Hall–Kier alpha value is -5.42. The SMILES string of the molecule is O=C(Nc1ccccc1-c1ccccc1)OC1CCN(CCCCCCCCCNCC(OC(=O)C(F)(F)F)c2ccc(OC(=O)C(F)(F)F)c3[nH]c(=O)ccc23)CC1. The summed E-state index contributed by atoms with van der Waals surface area (Å²) in [6.07, 6.45) is -4.75. The molecule has 59 heavy (non-hydrogen) atoms. The van der Waals surface area contributed by atoms with Crippen molar-refractivity contribution in [1.29, 1.82) is 0 Å². The molecule has 1 atom stereocenters.